The number of aliphatic hydroxyl groups excluding tert-OH is 1. The molecule has 8 heteroatoms. The number of fused-ring (bicyclic) bond motifs is 1. The van der Waals surface area contributed by atoms with Crippen LogP contribution in [-0.4, -0.2) is 72.9 Å². The first-order valence-electron chi connectivity index (χ1n) is 10.8. The van der Waals surface area contributed by atoms with Crippen LogP contribution in [-0.2, 0) is 16.0 Å². The highest BCUT2D eigenvalue weighted by molar-refractivity contribution is 7.10. The summed E-state index contributed by atoms with van der Waals surface area (Å²) >= 11 is 1.69. The van der Waals surface area contributed by atoms with E-state index in [0.29, 0.717) is 32.0 Å². The molecule has 174 valence electrons. The van der Waals surface area contributed by atoms with Gasteiger partial charge in [0.05, 0.1) is 31.9 Å². The lowest BCUT2D eigenvalue weighted by Crippen LogP contribution is -2.48. The van der Waals surface area contributed by atoms with Crippen molar-refractivity contribution < 1.29 is 23.8 Å². The summed E-state index contributed by atoms with van der Waals surface area (Å²) < 4.78 is 24.7. The van der Waals surface area contributed by atoms with E-state index in [0.717, 1.165) is 12.0 Å². The Labute approximate surface area is 192 Å². The number of hydrogen-bond donors (Lipinski definition) is 1. The van der Waals surface area contributed by atoms with E-state index in [1.54, 1.807) is 29.5 Å². The van der Waals surface area contributed by atoms with E-state index in [1.807, 2.05) is 28.2 Å². The van der Waals surface area contributed by atoms with Crippen LogP contribution < -0.4 is 4.74 Å². The van der Waals surface area contributed by atoms with Crippen LogP contribution in [0.5, 0.6) is 5.75 Å². The molecule has 2 heterocycles. The Morgan fingerprint density at radius 3 is 3.06 bits per heavy atom. The molecule has 6 nitrogen and oxygen atoms in total. The van der Waals surface area contributed by atoms with Crippen LogP contribution in [0.4, 0.5) is 4.39 Å². The number of nitrogens with zero attached hydrogens (tertiary/aromatic N) is 2. The number of thiophene rings is 1. The van der Waals surface area contributed by atoms with Crippen molar-refractivity contribution >= 4 is 17.2 Å². The number of halogens is 1. The monoisotopic (exact) mass is 462 g/mol. The lowest BCUT2D eigenvalue weighted by molar-refractivity contribution is -0.136. The van der Waals surface area contributed by atoms with Crippen molar-refractivity contribution in [3.8, 4) is 5.75 Å². The number of amides is 1. The summed E-state index contributed by atoms with van der Waals surface area (Å²) in [6.07, 6.45) is 1.76. The summed E-state index contributed by atoms with van der Waals surface area (Å²) in [5.74, 6) is 0.0675. The summed E-state index contributed by atoms with van der Waals surface area (Å²) in [7, 11) is 0. The molecule has 3 rings (SSSR count). The summed E-state index contributed by atoms with van der Waals surface area (Å²) in [4.78, 5) is 18.3. The summed E-state index contributed by atoms with van der Waals surface area (Å²) in [6, 6.07) is 7.83. The Kier molecular flexibility index (Phi) is 9.23. The molecule has 1 aromatic carbocycles. The van der Waals surface area contributed by atoms with Gasteiger partial charge in [-0.1, -0.05) is 19.1 Å². The highest BCUT2D eigenvalue weighted by Gasteiger charge is 2.33. The van der Waals surface area contributed by atoms with Crippen LogP contribution in [0, 0.1) is 5.82 Å². The molecular formula is C24H31FN2O4S. The van der Waals surface area contributed by atoms with Gasteiger partial charge in [-0.2, -0.15) is 0 Å². The van der Waals surface area contributed by atoms with Crippen molar-refractivity contribution in [3.63, 3.8) is 0 Å². The third-order valence-electron chi connectivity index (χ3n) is 5.44. The van der Waals surface area contributed by atoms with Crippen LogP contribution in [0.1, 0.15) is 23.4 Å². The number of carbonyl (C=O) groups excluding carboxylic acids is 1. The molecule has 32 heavy (non-hydrogen) atoms. The number of aliphatic hydroxyl groups is 1. The van der Waals surface area contributed by atoms with Gasteiger partial charge in [-0.25, -0.2) is 4.39 Å². The fraction of sp³-hybridized carbons (Fsp3) is 0.458. The van der Waals surface area contributed by atoms with E-state index < -0.39 is 6.10 Å². The lowest BCUT2D eigenvalue weighted by atomic mass is 10.0. The van der Waals surface area contributed by atoms with Crippen molar-refractivity contribution in [1.82, 2.24) is 9.80 Å². The highest BCUT2D eigenvalue weighted by Crippen LogP contribution is 2.34. The van der Waals surface area contributed by atoms with E-state index in [4.69, 9.17) is 9.47 Å². The lowest BCUT2D eigenvalue weighted by Gasteiger charge is -2.37. The first-order valence-corrected chi connectivity index (χ1v) is 11.7. The van der Waals surface area contributed by atoms with E-state index >= 15 is 0 Å². The molecule has 0 spiro atoms. The summed E-state index contributed by atoms with van der Waals surface area (Å²) in [6.45, 7) is 8.16. The quantitative estimate of drug-likeness (QED) is 0.388. The second-order valence-corrected chi connectivity index (χ2v) is 8.73. The Balaban J connectivity index is 1.65. The molecule has 1 aliphatic rings. The Bertz CT molecular complexity index is 890. The minimum atomic E-state index is -0.681. The molecule has 1 aliphatic heterocycles. The molecule has 0 saturated carbocycles. The molecule has 0 bridgehead atoms. The topological polar surface area (TPSA) is 62.2 Å². The molecular weight excluding hydrogens is 431 g/mol. The van der Waals surface area contributed by atoms with Crippen LogP contribution in [0.3, 0.4) is 0 Å². The normalized spacial score (nSPS) is 16.6. The van der Waals surface area contributed by atoms with Crippen molar-refractivity contribution in [2.75, 3.05) is 46.0 Å². The third kappa shape index (κ3) is 6.62. The van der Waals surface area contributed by atoms with Crippen molar-refractivity contribution in [2.45, 2.75) is 25.5 Å². The van der Waals surface area contributed by atoms with Crippen molar-refractivity contribution in [3.05, 3.63) is 64.6 Å². The third-order valence-corrected chi connectivity index (χ3v) is 6.44. The molecule has 1 amide bonds. The van der Waals surface area contributed by atoms with Gasteiger partial charge >= 0.3 is 0 Å². The standard InChI is InChI=1S/C24H31FN2O4S/c1-3-11-30-16-19(28)14-26(4-2)15-24(29)27-10-8-23-21(9-12-32-23)22(27)17-31-20-7-5-6-18(25)13-20/h3,5-7,9,12-13,19,22,28H,1,4,8,10-11,14-17H2,2H3. The summed E-state index contributed by atoms with van der Waals surface area (Å²) in [5.41, 5.74) is 1.09. The predicted octanol–water partition coefficient (Wildman–Crippen LogP) is 3.28. The van der Waals surface area contributed by atoms with Crippen LogP contribution in [0.25, 0.3) is 0 Å². The maximum Gasteiger partial charge on any atom is 0.237 e. The number of benzene rings is 1. The molecule has 1 N–H and O–H groups in total. The van der Waals surface area contributed by atoms with Gasteiger partial charge in [0.15, 0.2) is 0 Å². The number of hydrogen-bond acceptors (Lipinski definition) is 6. The zero-order valence-corrected chi connectivity index (χ0v) is 19.2. The second kappa shape index (κ2) is 12.1. The van der Waals surface area contributed by atoms with Gasteiger partial charge in [0.25, 0.3) is 0 Å². The second-order valence-electron chi connectivity index (χ2n) is 7.73. The molecule has 2 unspecified atom stereocenters. The average molecular weight is 463 g/mol. The smallest absolute Gasteiger partial charge is 0.237 e. The Morgan fingerprint density at radius 1 is 1.47 bits per heavy atom. The maximum absolute atomic E-state index is 13.5. The highest BCUT2D eigenvalue weighted by atomic mass is 32.1. The largest absolute Gasteiger partial charge is 0.491 e. The zero-order valence-electron chi connectivity index (χ0n) is 18.4. The maximum atomic E-state index is 13.5. The van der Waals surface area contributed by atoms with Gasteiger partial charge in [-0.3, -0.25) is 9.69 Å². The van der Waals surface area contributed by atoms with Crippen molar-refractivity contribution in [2.24, 2.45) is 0 Å². The van der Waals surface area contributed by atoms with E-state index in [2.05, 4.69) is 6.58 Å². The molecule has 1 aromatic heterocycles. The van der Waals surface area contributed by atoms with Gasteiger partial charge in [0, 0.05) is 24.0 Å². The number of carbonyl (C=O) groups is 1. The van der Waals surface area contributed by atoms with Gasteiger partial charge in [-0.15, -0.1) is 17.9 Å². The first-order chi connectivity index (χ1) is 15.5. The predicted molar refractivity (Wildman–Crippen MR) is 124 cm³/mol. The number of likely N-dealkylation sites (N-methyl/N-ethyl adjacent to an activating group) is 1. The molecule has 2 atom stereocenters. The average Bonchev–Trinajstić information content (AvgIpc) is 3.26. The minimum absolute atomic E-state index is 0.0178. The summed E-state index contributed by atoms with van der Waals surface area (Å²) in [5, 5.41) is 12.2. The van der Waals surface area contributed by atoms with Crippen molar-refractivity contribution in [1.29, 1.82) is 0 Å². The molecule has 0 radical (unpaired) electrons. The molecule has 0 saturated heterocycles. The van der Waals surface area contributed by atoms with E-state index in [-0.39, 0.29) is 37.5 Å². The first kappa shape index (κ1) is 24.4. The Morgan fingerprint density at radius 2 is 2.31 bits per heavy atom. The molecule has 0 aliphatic carbocycles. The number of rotatable bonds is 12. The van der Waals surface area contributed by atoms with Gasteiger partial charge < -0.3 is 19.5 Å². The van der Waals surface area contributed by atoms with Gasteiger partial charge in [0.1, 0.15) is 18.2 Å². The Hall–Kier alpha value is -2.26. The van der Waals surface area contributed by atoms with Gasteiger partial charge in [0.2, 0.25) is 5.91 Å². The molecule has 2 aromatic rings. The molecule has 0 fully saturated rings. The van der Waals surface area contributed by atoms with Crippen LogP contribution in [0.15, 0.2) is 48.4 Å². The van der Waals surface area contributed by atoms with Crippen LogP contribution in [0.2, 0.25) is 0 Å². The van der Waals surface area contributed by atoms with E-state index in [1.165, 1.54) is 17.0 Å². The fourth-order valence-electron chi connectivity index (χ4n) is 3.83. The number of ether oxygens (including phenoxy) is 2. The van der Waals surface area contributed by atoms with E-state index in [9.17, 15) is 14.3 Å². The fourth-order valence-corrected chi connectivity index (χ4v) is 4.76. The van der Waals surface area contributed by atoms with Gasteiger partial charge in [-0.05, 0) is 42.1 Å². The van der Waals surface area contributed by atoms with Crippen LogP contribution >= 0.6 is 11.3 Å². The minimum Gasteiger partial charge on any atom is -0.491 e. The SMILES string of the molecule is C=CCOCC(O)CN(CC)CC(=O)N1CCc2sccc2C1COc1cccc(F)c1. The zero-order chi connectivity index (χ0) is 22.9.